The second-order valence-electron chi connectivity index (χ2n) is 6.57. The first-order chi connectivity index (χ1) is 13.6. The van der Waals surface area contributed by atoms with Crippen molar-refractivity contribution in [3.8, 4) is 11.5 Å². The van der Waals surface area contributed by atoms with E-state index in [0.717, 1.165) is 31.2 Å². The zero-order chi connectivity index (χ0) is 19.9. The van der Waals surface area contributed by atoms with E-state index >= 15 is 0 Å². The number of hydrogen-bond acceptors (Lipinski definition) is 8. The van der Waals surface area contributed by atoms with Gasteiger partial charge in [0.1, 0.15) is 17.7 Å². The summed E-state index contributed by atoms with van der Waals surface area (Å²) < 4.78 is 16.0. The van der Waals surface area contributed by atoms with Crippen molar-refractivity contribution in [2.75, 3.05) is 39.6 Å². The lowest BCUT2D eigenvalue weighted by Crippen LogP contribution is -2.35. The van der Waals surface area contributed by atoms with Gasteiger partial charge in [-0.25, -0.2) is 9.97 Å². The van der Waals surface area contributed by atoms with E-state index in [1.807, 2.05) is 0 Å². The number of nitrogen functional groups attached to an aromatic ring is 1. The number of fused-ring (bicyclic) bond motifs is 1. The molecule has 9 heteroatoms. The van der Waals surface area contributed by atoms with Crippen molar-refractivity contribution in [2.45, 2.75) is 31.9 Å². The van der Waals surface area contributed by atoms with Gasteiger partial charge in [0.2, 0.25) is 5.91 Å². The predicted molar refractivity (Wildman–Crippen MR) is 105 cm³/mol. The van der Waals surface area contributed by atoms with Crippen molar-refractivity contribution >= 4 is 22.6 Å². The van der Waals surface area contributed by atoms with Crippen LogP contribution in [-0.4, -0.2) is 55.9 Å². The van der Waals surface area contributed by atoms with Crippen LogP contribution in [0.15, 0.2) is 12.1 Å². The maximum absolute atomic E-state index is 11.8. The summed E-state index contributed by atoms with van der Waals surface area (Å²) in [6.07, 6.45) is 2.28. The van der Waals surface area contributed by atoms with Crippen molar-refractivity contribution in [1.29, 1.82) is 0 Å². The summed E-state index contributed by atoms with van der Waals surface area (Å²) in [5.74, 6) is 2.15. The summed E-state index contributed by atoms with van der Waals surface area (Å²) >= 11 is 0. The molecule has 2 heterocycles. The fraction of sp³-hybridized carbons (Fsp3) is 0.526. The Labute approximate surface area is 164 Å². The zero-order valence-corrected chi connectivity index (χ0v) is 16.3. The number of hydrogen-bond donors (Lipinski definition) is 3. The maximum Gasteiger partial charge on any atom is 0.249 e. The first kappa shape index (κ1) is 20.1. The van der Waals surface area contributed by atoms with Gasteiger partial charge in [0.05, 0.1) is 26.3 Å². The van der Waals surface area contributed by atoms with Crippen molar-refractivity contribution in [3.05, 3.63) is 18.0 Å². The smallest absolute Gasteiger partial charge is 0.249 e. The van der Waals surface area contributed by atoms with Crippen LogP contribution in [0.5, 0.6) is 11.5 Å². The molecule has 2 aromatic rings. The Bertz CT molecular complexity index is 824. The molecule has 1 aliphatic heterocycles. The number of carbonyl (C=O) groups is 1. The minimum absolute atomic E-state index is 0.0208. The molecule has 1 saturated heterocycles. The molecule has 0 bridgehead atoms. The normalized spacial score (nSPS) is 16.3. The standard InChI is InChI=1S/C19H27N5O4/c1-26-15-9-12-13(10-16(15)27-2)23-17(24-18(12)20)11-21-6-4-7-22-19(25)14-5-3-8-28-14/h9-10,14,21H,3-8,11H2,1-2H3,(H,22,25)(H2,20,23,24). The molecule has 1 amide bonds. The van der Waals surface area contributed by atoms with Crippen LogP contribution in [0.4, 0.5) is 5.82 Å². The van der Waals surface area contributed by atoms with Gasteiger partial charge in [0.15, 0.2) is 11.5 Å². The van der Waals surface area contributed by atoms with Crippen LogP contribution >= 0.6 is 0 Å². The molecule has 0 saturated carbocycles. The highest BCUT2D eigenvalue weighted by Gasteiger charge is 2.22. The number of methoxy groups -OCH3 is 2. The summed E-state index contributed by atoms with van der Waals surface area (Å²) in [5, 5.41) is 6.89. The van der Waals surface area contributed by atoms with Gasteiger partial charge >= 0.3 is 0 Å². The number of benzene rings is 1. The zero-order valence-electron chi connectivity index (χ0n) is 16.3. The molecule has 3 rings (SSSR count). The minimum atomic E-state index is -0.280. The minimum Gasteiger partial charge on any atom is -0.493 e. The average molecular weight is 389 g/mol. The van der Waals surface area contributed by atoms with Crippen LogP contribution in [0.1, 0.15) is 25.1 Å². The molecule has 1 atom stereocenters. The first-order valence-electron chi connectivity index (χ1n) is 9.40. The number of ether oxygens (including phenoxy) is 3. The van der Waals surface area contributed by atoms with Crippen LogP contribution in [0, 0.1) is 0 Å². The summed E-state index contributed by atoms with van der Waals surface area (Å²) in [7, 11) is 3.15. The van der Waals surface area contributed by atoms with E-state index in [-0.39, 0.29) is 12.0 Å². The van der Waals surface area contributed by atoms with E-state index in [4.69, 9.17) is 19.9 Å². The van der Waals surface area contributed by atoms with E-state index in [1.54, 1.807) is 26.4 Å². The lowest BCUT2D eigenvalue weighted by molar-refractivity contribution is -0.130. The van der Waals surface area contributed by atoms with E-state index in [0.29, 0.717) is 48.4 Å². The summed E-state index contributed by atoms with van der Waals surface area (Å²) in [6.45, 7) is 2.48. The number of carbonyl (C=O) groups excluding carboxylic acids is 1. The Hall–Kier alpha value is -2.65. The Morgan fingerprint density at radius 3 is 2.75 bits per heavy atom. The van der Waals surface area contributed by atoms with Gasteiger partial charge in [0.25, 0.3) is 0 Å². The Kier molecular flexibility index (Phi) is 6.83. The van der Waals surface area contributed by atoms with E-state index in [9.17, 15) is 4.79 Å². The van der Waals surface area contributed by atoms with Crippen LogP contribution < -0.4 is 25.8 Å². The predicted octanol–water partition coefficient (Wildman–Crippen LogP) is 1.00. The van der Waals surface area contributed by atoms with Crippen molar-refractivity contribution in [1.82, 2.24) is 20.6 Å². The highest BCUT2D eigenvalue weighted by Crippen LogP contribution is 2.33. The summed E-state index contributed by atoms with van der Waals surface area (Å²) in [4.78, 5) is 20.7. The van der Waals surface area contributed by atoms with Gasteiger partial charge in [-0.3, -0.25) is 4.79 Å². The molecule has 28 heavy (non-hydrogen) atoms. The molecule has 152 valence electrons. The lowest BCUT2D eigenvalue weighted by atomic mass is 10.2. The van der Waals surface area contributed by atoms with Crippen molar-refractivity contribution in [2.24, 2.45) is 0 Å². The Morgan fingerprint density at radius 1 is 1.25 bits per heavy atom. The van der Waals surface area contributed by atoms with Gasteiger partial charge in [-0.1, -0.05) is 0 Å². The highest BCUT2D eigenvalue weighted by molar-refractivity contribution is 5.90. The number of aromatic nitrogens is 2. The molecular weight excluding hydrogens is 362 g/mol. The number of nitrogens with one attached hydrogen (secondary N) is 2. The largest absolute Gasteiger partial charge is 0.493 e. The maximum atomic E-state index is 11.8. The molecule has 1 aromatic heterocycles. The second-order valence-corrected chi connectivity index (χ2v) is 6.57. The Balaban J connectivity index is 1.49. The first-order valence-corrected chi connectivity index (χ1v) is 9.40. The van der Waals surface area contributed by atoms with Crippen molar-refractivity contribution in [3.63, 3.8) is 0 Å². The third-order valence-corrected chi connectivity index (χ3v) is 4.61. The molecule has 0 spiro atoms. The third-order valence-electron chi connectivity index (χ3n) is 4.61. The third kappa shape index (κ3) is 4.79. The molecule has 0 radical (unpaired) electrons. The van der Waals surface area contributed by atoms with Gasteiger partial charge in [-0.05, 0) is 31.9 Å². The topological polar surface area (TPSA) is 121 Å². The van der Waals surface area contributed by atoms with E-state index < -0.39 is 0 Å². The van der Waals surface area contributed by atoms with Crippen LogP contribution in [0.3, 0.4) is 0 Å². The van der Waals surface area contributed by atoms with Crippen LogP contribution in [0.2, 0.25) is 0 Å². The number of nitrogens with two attached hydrogens (primary N) is 1. The van der Waals surface area contributed by atoms with Gasteiger partial charge in [0, 0.05) is 24.6 Å². The molecule has 1 aliphatic rings. The fourth-order valence-electron chi connectivity index (χ4n) is 3.13. The number of rotatable bonds is 9. The monoisotopic (exact) mass is 389 g/mol. The quantitative estimate of drug-likeness (QED) is 0.543. The van der Waals surface area contributed by atoms with E-state index in [2.05, 4.69) is 20.6 Å². The van der Waals surface area contributed by atoms with E-state index in [1.165, 1.54) is 0 Å². The van der Waals surface area contributed by atoms with Crippen LogP contribution in [0.25, 0.3) is 10.9 Å². The van der Waals surface area contributed by atoms with Gasteiger partial charge in [-0.2, -0.15) is 0 Å². The molecule has 9 nitrogen and oxygen atoms in total. The average Bonchev–Trinajstić information content (AvgIpc) is 3.24. The van der Waals surface area contributed by atoms with Crippen molar-refractivity contribution < 1.29 is 19.0 Å². The van der Waals surface area contributed by atoms with Gasteiger partial charge < -0.3 is 30.6 Å². The van der Waals surface area contributed by atoms with Gasteiger partial charge in [-0.15, -0.1) is 0 Å². The molecule has 4 N–H and O–H groups in total. The molecular formula is C19H27N5O4. The Morgan fingerprint density at radius 2 is 2.04 bits per heavy atom. The fourth-order valence-corrected chi connectivity index (χ4v) is 3.13. The second kappa shape index (κ2) is 9.52. The summed E-state index contributed by atoms with van der Waals surface area (Å²) in [6, 6.07) is 3.56. The SMILES string of the molecule is COc1cc2nc(CNCCCNC(=O)C3CCCO3)nc(N)c2cc1OC. The summed E-state index contributed by atoms with van der Waals surface area (Å²) in [5.41, 5.74) is 6.78. The van der Waals surface area contributed by atoms with Crippen LogP contribution in [-0.2, 0) is 16.1 Å². The lowest BCUT2D eigenvalue weighted by Gasteiger charge is -2.12. The highest BCUT2D eigenvalue weighted by atomic mass is 16.5. The molecule has 1 aromatic carbocycles. The molecule has 0 aliphatic carbocycles. The molecule has 1 unspecified atom stereocenters. The molecule has 1 fully saturated rings. The number of amides is 1. The number of nitrogens with zero attached hydrogens (tertiary/aromatic N) is 2. The number of anilines is 1.